The average molecular weight is 185 g/mol. The Labute approximate surface area is 79.7 Å². The maximum Gasteiger partial charge on any atom is 0.226 e. The number of aliphatic hydroxyl groups excluding tert-OH is 1. The van der Waals surface area contributed by atoms with Crippen LogP contribution in [-0.4, -0.2) is 35.1 Å². The molecule has 0 aliphatic carbocycles. The van der Waals surface area contributed by atoms with Crippen molar-refractivity contribution in [1.29, 1.82) is 0 Å². The lowest BCUT2D eigenvalue weighted by molar-refractivity contribution is -0.148. The second-order valence-corrected chi connectivity index (χ2v) is 4.98. The highest BCUT2D eigenvalue weighted by Crippen LogP contribution is 2.28. The third-order valence-corrected chi connectivity index (χ3v) is 2.84. The number of likely N-dealkylation sites (tertiary alicyclic amines) is 1. The number of hydrogen-bond acceptors (Lipinski definition) is 2. The van der Waals surface area contributed by atoms with Gasteiger partial charge in [0, 0.05) is 19.0 Å². The third-order valence-electron chi connectivity index (χ3n) is 2.84. The Morgan fingerprint density at radius 3 is 2.23 bits per heavy atom. The molecule has 1 atom stereocenters. The third kappa shape index (κ3) is 2.21. The highest BCUT2D eigenvalue weighted by Gasteiger charge is 2.35. The largest absolute Gasteiger partial charge is 0.389 e. The molecule has 1 amide bonds. The molecule has 76 valence electrons. The van der Waals surface area contributed by atoms with E-state index < -0.39 is 0 Å². The minimum absolute atomic E-state index is 0.0115. The smallest absolute Gasteiger partial charge is 0.226 e. The summed E-state index contributed by atoms with van der Waals surface area (Å²) >= 11 is 0. The van der Waals surface area contributed by atoms with Crippen LogP contribution in [0.4, 0.5) is 0 Å². The number of aliphatic hydroxyl groups is 1. The van der Waals surface area contributed by atoms with Gasteiger partial charge in [0.15, 0.2) is 0 Å². The highest BCUT2D eigenvalue weighted by atomic mass is 16.3. The average Bonchev–Trinajstić information content (AvgIpc) is 1.94. The van der Waals surface area contributed by atoms with Crippen LogP contribution in [0.5, 0.6) is 0 Å². The van der Waals surface area contributed by atoms with E-state index >= 15 is 0 Å². The van der Waals surface area contributed by atoms with E-state index in [9.17, 15) is 4.79 Å². The van der Waals surface area contributed by atoms with Crippen molar-refractivity contribution in [2.45, 2.75) is 33.8 Å². The standard InChI is InChI=1S/C10H19NO2/c1-7(10(2,3)4)9(13)11-5-8(12)6-11/h7-8,12H,5-6H2,1-4H3/t7-/m0/s1. The molecule has 1 aliphatic rings. The maximum absolute atomic E-state index is 11.7. The highest BCUT2D eigenvalue weighted by molar-refractivity contribution is 5.80. The van der Waals surface area contributed by atoms with Gasteiger partial charge in [-0.05, 0) is 5.41 Å². The first-order chi connectivity index (χ1) is 5.82. The van der Waals surface area contributed by atoms with E-state index in [1.165, 1.54) is 0 Å². The fraction of sp³-hybridized carbons (Fsp3) is 0.900. The molecule has 0 unspecified atom stereocenters. The van der Waals surface area contributed by atoms with E-state index in [4.69, 9.17) is 5.11 Å². The van der Waals surface area contributed by atoms with Crippen LogP contribution in [0, 0.1) is 11.3 Å². The summed E-state index contributed by atoms with van der Waals surface area (Å²) < 4.78 is 0. The first-order valence-corrected chi connectivity index (χ1v) is 4.79. The minimum atomic E-state index is -0.295. The monoisotopic (exact) mass is 185 g/mol. The zero-order valence-electron chi connectivity index (χ0n) is 8.87. The van der Waals surface area contributed by atoms with E-state index in [2.05, 4.69) is 20.8 Å². The second kappa shape index (κ2) is 3.29. The molecule has 3 nitrogen and oxygen atoms in total. The summed E-state index contributed by atoms with van der Waals surface area (Å²) in [7, 11) is 0. The number of carbonyl (C=O) groups excluding carboxylic acids is 1. The van der Waals surface area contributed by atoms with Crippen LogP contribution >= 0.6 is 0 Å². The van der Waals surface area contributed by atoms with E-state index in [0.717, 1.165) is 0 Å². The molecule has 0 radical (unpaired) electrons. The van der Waals surface area contributed by atoms with Crippen molar-refractivity contribution in [3.8, 4) is 0 Å². The van der Waals surface area contributed by atoms with Gasteiger partial charge >= 0.3 is 0 Å². The Hall–Kier alpha value is -0.570. The summed E-state index contributed by atoms with van der Waals surface area (Å²) in [6.45, 7) is 9.16. The van der Waals surface area contributed by atoms with Gasteiger partial charge in [0.05, 0.1) is 6.10 Å². The van der Waals surface area contributed by atoms with Crippen molar-refractivity contribution in [1.82, 2.24) is 4.90 Å². The summed E-state index contributed by atoms with van der Waals surface area (Å²) in [6, 6.07) is 0. The number of nitrogens with zero attached hydrogens (tertiary/aromatic N) is 1. The Balaban J connectivity index is 2.49. The van der Waals surface area contributed by atoms with E-state index in [-0.39, 0.29) is 23.3 Å². The van der Waals surface area contributed by atoms with Gasteiger partial charge in [-0.25, -0.2) is 0 Å². The van der Waals surface area contributed by atoms with Gasteiger partial charge < -0.3 is 10.0 Å². The topological polar surface area (TPSA) is 40.5 Å². The van der Waals surface area contributed by atoms with Crippen LogP contribution in [0.2, 0.25) is 0 Å². The molecule has 0 spiro atoms. The Morgan fingerprint density at radius 2 is 1.92 bits per heavy atom. The number of amides is 1. The predicted molar refractivity (Wildman–Crippen MR) is 51.2 cm³/mol. The van der Waals surface area contributed by atoms with E-state index in [0.29, 0.717) is 13.1 Å². The maximum atomic E-state index is 11.7. The molecule has 1 N–H and O–H groups in total. The Bertz CT molecular complexity index is 201. The van der Waals surface area contributed by atoms with Crippen LogP contribution in [0.1, 0.15) is 27.7 Å². The van der Waals surface area contributed by atoms with Gasteiger partial charge in [0.25, 0.3) is 0 Å². The zero-order valence-corrected chi connectivity index (χ0v) is 8.87. The van der Waals surface area contributed by atoms with Gasteiger partial charge in [-0.3, -0.25) is 4.79 Å². The van der Waals surface area contributed by atoms with Gasteiger partial charge in [-0.2, -0.15) is 0 Å². The number of β-amino-alcohol motifs (C(OH)–C–C–N with tert-alkyl or cyclic N) is 1. The molecule has 1 heterocycles. The fourth-order valence-corrected chi connectivity index (χ4v) is 1.28. The lowest BCUT2D eigenvalue weighted by Crippen LogP contribution is -2.56. The van der Waals surface area contributed by atoms with Crippen molar-refractivity contribution in [3.05, 3.63) is 0 Å². The fourth-order valence-electron chi connectivity index (χ4n) is 1.28. The van der Waals surface area contributed by atoms with E-state index in [1.807, 2.05) is 6.92 Å². The predicted octanol–water partition coefficient (Wildman–Crippen LogP) is 0.872. The summed E-state index contributed by atoms with van der Waals surface area (Å²) in [6.07, 6.45) is -0.295. The number of rotatable bonds is 1. The van der Waals surface area contributed by atoms with Crippen molar-refractivity contribution >= 4 is 5.91 Å². The van der Waals surface area contributed by atoms with Crippen molar-refractivity contribution in [3.63, 3.8) is 0 Å². The van der Waals surface area contributed by atoms with Crippen LogP contribution in [0.3, 0.4) is 0 Å². The molecule has 0 bridgehead atoms. The molecule has 1 rings (SSSR count). The lowest BCUT2D eigenvalue weighted by Gasteiger charge is -2.40. The van der Waals surface area contributed by atoms with Crippen LogP contribution in [0.15, 0.2) is 0 Å². The lowest BCUT2D eigenvalue weighted by atomic mass is 9.81. The molecule has 0 aromatic rings. The summed E-state index contributed by atoms with van der Waals surface area (Å²) in [5.74, 6) is 0.192. The van der Waals surface area contributed by atoms with Crippen LogP contribution in [-0.2, 0) is 4.79 Å². The molecular weight excluding hydrogens is 166 g/mol. The minimum Gasteiger partial charge on any atom is -0.389 e. The molecular formula is C10H19NO2. The first kappa shape index (κ1) is 10.5. The van der Waals surface area contributed by atoms with E-state index in [1.54, 1.807) is 4.90 Å². The molecule has 0 saturated carbocycles. The second-order valence-electron chi connectivity index (χ2n) is 4.98. The Kier molecular flexibility index (Phi) is 2.66. The van der Waals surface area contributed by atoms with Gasteiger partial charge in [0.1, 0.15) is 0 Å². The SMILES string of the molecule is C[C@@H](C(=O)N1CC(O)C1)C(C)(C)C. The Morgan fingerprint density at radius 1 is 1.46 bits per heavy atom. The molecule has 1 fully saturated rings. The summed E-state index contributed by atoms with van der Waals surface area (Å²) in [4.78, 5) is 13.5. The molecule has 0 aromatic heterocycles. The van der Waals surface area contributed by atoms with Crippen LogP contribution < -0.4 is 0 Å². The van der Waals surface area contributed by atoms with Crippen molar-refractivity contribution in [2.24, 2.45) is 11.3 Å². The quantitative estimate of drug-likeness (QED) is 0.658. The molecule has 13 heavy (non-hydrogen) atoms. The molecule has 1 saturated heterocycles. The van der Waals surface area contributed by atoms with Gasteiger partial charge in [-0.1, -0.05) is 27.7 Å². The van der Waals surface area contributed by atoms with Crippen molar-refractivity contribution in [2.75, 3.05) is 13.1 Å². The van der Waals surface area contributed by atoms with Crippen LogP contribution in [0.25, 0.3) is 0 Å². The number of hydrogen-bond donors (Lipinski definition) is 1. The van der Waals surface area contributed by atoms with Crippen molar-refractivity contribution < 1.29 is 9.90 Å². The molecule has 3 heteroatoms. The summed E-state index contributed by atoms with van der Waals surface area (Å²) in [5, 5.41) is 9.06. The van der Waals surface area contributed by atoms with Gasteiger partial charge in [-0.15, -0.1) is 0 Å². The number of carbonyl (C=O) groups is 1. The zero-order chi connectivity index (χ0) is 10.2. The normalized spacial score (nSPS) is 21.2. The first-order valence-electron chi connectivity index (χ1n) is 4.79. The molecule has 1 aliphatic heterocycles. The molecule has 0 aromatic carbocycles. The van der Waals surface area contributed by atoms with Gasteiger partial charge in [0.2, 0.25) is 5.91 Å². The summed E-state index contributed by atoms with van der Waals surface area (Å²) in [5.41, 5.74) is 0.0115.